The molecule has 0 fully saturated rings. The Bertz CT molecular complexity index is 546. The Morgan fingerprint density at radius 2 is 2.44 bits per heavy atom. The third-order valence-electron chi connectivity index (χ3n) is 2.72. The van der Waals surface area contributed by atoms with Crippen molar-refractivity contribution in [3.8, 4) is 11.4 Å². The summed E-state index contributed by atoms with van der Waals surface area (Å²) in [7, 11) is 0. The van der Waals surface area contributed by atoms with Gasteiger partial charge in [-0.05, 0) is 6.07 Å². The molecule has 0 N–H and O–H groups in total. The van der Waals surface area contributed by atoms with Crippen molar-refractivity contribution >= 4 is 6.29 Å². The van der Waals surface area contributed by atoms with Crippen LogP contribution in [0.2, 0.25) is 0 Å². The molecular weight excluding hydrogens is 204 g/mol. The van der Waals surface area contributed by atoms with Crippen LogP contribution in [-0.2, 0) is 17.8 Å². The van der Waals surface area contributed by atoms with Gasteiger partial charge in [-0.1, -0.05) is 12.1 Å². The molecule has 1 aromatic heterocycles. The van der Waals surface area contributed by atoms with E-state index in [0.717, 1.165) is 29.0 Å². The first-order valence-electron chi connectivity index (χ1n) is 5.10. The Morgan fingerprint density at radius 1 is 1.50 bits per heavy atom. The zero-order valence-electron chi connectivity index (χ0n) is 8.59. The molecule has 0 spiro atoms. The fourth-order valence-corrected chi connectivity index (χ4v) is 1.97. The van der Waals surface area contributed by atoms with Crippen LogP contribution in [0.1, 0.15) is 11.3 Å². The maximum absolute atomic E-state index is 10.6. The molecule has 1 aromatic carbocycles. The molecule has 80 valence electrons. The lowest BCUT2D eigenvalue weighted by Gasteiger charge is -2.21. The molecule has 3 rings (SSSR count). The monoisotopic (exact) mass is 214 g/mol. The smallest absolute Gasteiger partial charge is 0.147 e. The SMILES string of the molecule is O=CCc1cccc2c1OCc1cncn1-2. The number of hydrogen-bond donors (Lipinski definition) is 0. The Kier molecular flexibility index (Phi) is 1.99. The maximum atomic E-state index is 10.6. The van der Waals surface area contributed by atoms with Crippen molar-refractivity contribution in [2.45, 2.75) is 13.0 Å². The largest absolute Gasteiger partial charge is 0.485 e. The number of aldehydes is 1. The average Bonchev–Trinajstić information content (AvgIpc) is 2.78. The van der Waals surface area contributed by atoms with Gasteiger partial charge in [0.05, 0.1) is 23.9 Å². The number of aromatic nitrogens is 2. The molecule has 0 unspecified atom stereocenters. The fraction of sp³-hybridized carbons (Fsp3) is 0.167. The molecule has 16 heavy (non-hydrogen) atoms. The fourth-order valence-electron chi connectivity index (χ4n) is 1.97. The highest BCUT2D eigenvalue weighted by Crippen LogP contribution is 2.32. The number of para-hydroxylation sites is 1. The molecular formula is C12H10N2O2. The number of nitrogens with zero attached hydrogens (tertiary/aromatic N) is 2. The second-order valence-electron chi connectivity index (χ2n) is 3.68. The summed E-state index contributed by atoms with van der Waals surface area (Å²) in [5.41, 5.74) is 2.90. The van der Waals surface area contributed by atoms with Crippen molar-refractivity contribution in [2.24, 2.45) is 0 Å². The summed E-state index contributed by atoms with van der Waals surface area (Å²) >= 11 is 0. The standard InChI is InChI=1S/C12H10N2O2/c15-5-4-9-2-1-3-11-12(9)16-7-10-6-13-8-14(10)11/h1-3,5-6,8H,4,7H2. The van der Waals surface area contributed by atoms with Crippen LogP contribution >= 0.6 is 0 Å². The van der Waals surface area contributed by atoms with Crippen LogP contribution in [0, 0.1) is 0 Å². The highest BCUT2D eigenvalue weighted by atomic mass is 16.5. The number of benzene rings is 1. The minimum Gasteiger partial charge on any atom is -0.485 e. The van der Waals surface area contributed by atoms with Crippen LogP contribution in [0.5, 0.6) is 5.75 Å². The molecule has 4 heteroatoms. The molecule has 0 radical (unpaired) electrons. The summed E-state index contributed by atoms with van der Waals surface area (Å²) in [6.45, 7) is 0.503. The highest BCUT2D eigenvalue weighted by Gasteiger charge is 2.18. The van der Waals surface area contributed by atoms with Crippen LogP contribution in [0.25, 0.3) is 5.69 Å². The zero-order chi connectivity index (χ0) is 11.0. The van der Waals surface area contributed by atoms with Crippen LogP contribution < -0.4 is 4.74 Å². The number of fused-ring (bicyclic) bond motifs is 3. The van der Waals surface area contributed by atoms with E-state index in [1.54, 1.807) is 12.5 Å². The van der Waals surface area contributed by atoms with E-state index in [1.165, 1.54) is 0 Å². The van der Waals surface area contributed by atoms with Crippen LogP contribution in [0.15, 0.2) is 30.7 Å². The molecule has 0 saturated heterocycles. The summed E-state index contributed by atoms with van der Waals surface area (Å²) in [4.78, 5) is 14.7. The number of carbonyl (C=O) groups is 1. The first kappa shape index (κ1) is 9.15. The van der Waals surface area contributed by atoms with E-state index in [2.05, 4.69) is 4.98 Å². The van der Waals surface area contributed by atoms with Gasteiger partial charge in [0.15, 0.2) is 0 Å². The maximum Gasteiger partial charge on any atom is 0.147 e. The Hall–Kier alpha value is -2.10. The van der Waals surface area contributed by atoms with E-state index in [9.17, 15) is 4.79 Å². The van der Waals surface area contributed by atoms with Gasteiger partial charge < -0.3 is 9.53 Å². The lowest BCUT2D eigenvalue weighted by atomic mass is 10.1. The van der Waals surface area contributed by atoms with Crippen molar-refractivity contribution in [1.82, 2.24) is 9.55 Å². The van der Waals surface area contributed by atoms with Gasteiger partial charge >= 0.3 is 0 Å². The minimum absolute atomic E-state index is 0.382. The van der Waals surface area contributed by atoms with Gasteiger partial charge in [0.1, 0.15) is 18.6 Å². The molecule has 4 nitrogen and oxygen atoms in total. The first-order valence-corrected chi connectivity index (χ1v) is 5.10. The number of ether oxygens (including phenoxy) is 1. The number of rotatable bonds is 2. The molecule has 1 aliphatic rings. The van der Waals surface area contributed by atoms with Gasteiger partial charge in [0.25, 0.3) is 0 Å². The first-order chi connectivity index (χ1) is 7.90. The van der Waals surface area contributed by atoms with Crippen molar-refractivity contribution in [1.29, 1.82) is 0 Å². The highest BCUT2D eigenvalue weighted by molar-refractivity contribution is 5.62. The molecule has 2 aromatic rings. The third kappa shape index (κ3) is 1.23. The summed E-state index contributed by atoms with van der Waals surface area (Å²) < 4.78 is 7.67. The second-order valence-corrected chi connectivity index (χ2v) is 3.68. The van der Waals surface area contributed by atoms with Gasteiger partial charge in [-0.15, -0.1) is 0 Å². The predicted molar refractivity (Wildman–Crippen MR) is 57.7 cm³/mol. The average molecular weight is 214 g/mol. The van der Waals surface area contributed by atoms with E-state index in [1.807, 2.05) is 22.8 Å². The van der Waals surface area contributed by atoms with Crippen molar-refractivity contribution in [3.63, 3.8) is 0 Å². The molecule has 0 aliphatic carbocycles. The zero-order valence-corrected chi connectivity index (χ0v) is 8.59. The quantitative estimate of drug-likeness (QED) is 0.712. The van der Waals surface area contributed by atoms with E-state index in [-0.39, 0.29) is 0 Å². The summed E-state index contributed by atoms with van der Waals surface area (Å²) in [5.74, 6) is 0.792. The van der Waals surface area contributed by atoms with Gasteiger partial charge in [-0.25, -0.2) is 4.98 Å². The lowest BCUT2D eigenvalue weighted by molar-refractivity contribution is -0.107. The van der Waals surface area contributed by atoms with E-state index in [0.29, 0.717) is 13.0 Å². The third-order valence-corrected chi connectivity index (χ3v) is 2.72. The van der Waals surface area contributed by atoms with Gasteiger partial charge in [0.2, 0.25) is 0 Å². The molecule has 0 bridgehead atoms. The van der Waals surface area contributed by atoms with Crippen LogP contribution in [0.3, 0.4) is 0 Å². The normalized spacial score (nSPS) is 12.5. The molecule has 0 amide bonds. The molecule has 0 saturated carbocycles. The Labute approximate surface area is 92.5 Å². The molecule has 0 atom stereocenters. The minimum atomic E-state index is 0.382. The Morgan fingerprint density at radius 3 is 3.31 bits per heavy atom. The number of carbonyl (C=O) groups excluding carboxylic acids is 1. The second kappa shape index (κ2) is 3.48. The molecule has 1 aliphatic heterocycles. The van der Waals surface area contributed by atoms with Crippen LogP contribution in [0.4, 0.5) is 0 Å². The van der Waals surface area contributed by atoms with E-state index in [4.69, 9.17) is 4.74 Å². The summed E-state index contributed by atoms with van der Waals surface area (Å²) in [6, 6.07) is 5.80. The van der Waals surface area contributed by atoms with Crippen molar-refractivity contribution < 1.29 is 9.53 Å². The molecule has 2 heterocycles. The number of hydrogen-bond acceptors (Lipinski definition) is 3. The topological polar surface area (TPSA) is 44.1 Å². The van der Waals surface area contributed by atoms with Gasteiger partial charge in [-0.2, -0.15) is 0 Å². The van der Waals surface area contributed by atoms with E-state index < -0.39 is 0 Å². The summed E-state index contributed by atoms with van der Waals surface area (Å²) in [5, 5.41) is 0. The van der Waals surface area contributed by atoms with Crippen molar-refractivity contribution in [3.05, 3.63) is 42.0 Å². The van der Waals surface area contributed by atoms with Crippen LogP contribution in [-0.4, -0.2) is 15.8 Å². The number of imidazole rings is 1. The van der Waals surface area contributed by atoms with Gasteiger partial charge in [0, 0.05) is 12.0 Å². The lowest BCUT2D eigenvalue weighted by Crippen LogP contribution is -2.13. The predicted octanol–water partition coefficient (Wildman–Crippen LogP) is 1.51. The van der Waals surface area contributed by atoms with Gasteiger partial charge in [-0.3, -0.25) is 4.57 Å². The van der Waals surface area contributed by atoms with Crippen molar-refractivity contribution in [2.75, 3.05) is 0 Å². The van der Waals surface area contributed by atoms with E-state index >= 15 is 0 Å². The Balaban J connectivity index is 2.19. The summed E-state index contributed by atoms with van der Waals surface area (Å²) in [6.07, 6.45) is 4.83.